The summed E-state index contributed by atoms with van der Waals surface area (Å²) in [7, 11) is -3.79. The highest BCUT2D eigenvalue weighted by Gasteiger charge is 2.18. The lowest BCUT2D eigenvalue weighted by molar-refractivity contribution is 0.182. The fourth-order valence-electron chi connectivity index (χ4n) is 2.73. The van der Waals surface area contributed by atoms with E-state index in [0.29, 0.717) is 18.4 Å². The molecule has 1 fully saturated rings. The van der Waals surface area contributed by atoms with Crippen LogP contribution in [0.3, 0.4) is 0 Å². The molecule has 2 rings (SSSR count). The highest BCUT2D eigenvalue weighted by Crippen LogP contribution is 2.16. The van der Waals surface area contributed by atoms with E-state index in [4.69, 9.17) is 0 Å². The molecule has 0 radical (unpaired) electrons. The van der Waals surface area contributed by atoms with Gasteiger partial charge in [-0.3, -0.25) is 0 Å². The summed E-state index contributed by atoms with van der Waals surface area (Å²) in [6, 6.07) is 2.58. The number of piperidine rings is 1. The monoisotopic (exact) mass is 332 g/mol. The number of nitrogens with one attached hydrogen (secondary N) is 1. The summed E-state index contributed by atoms with van der Waals surface area (Å²) in [5, 5.41) is 0. The highest BCUT2D eigenvalue weighted by molar-refractivity contribution is 7.89. The van der Waals surface area contributed by atoms with Gasteiger partial charge in [-0.05, 0) is 56.5 Å². The van der Waals surface area contributed by atoms with Crippen molar-refractivity contribution in [2.24, 2.45) is 5.92 Å². The lowest BCUT2D eigenvalue weighted by atomic mass is 10.0. The predicted octanol–water partition coefficient (Wildman–Crippen LogP) is 2.37. The number of nitrogens with zero attached hydrogens (tertiary/aromatic N) is 1. The van der Waals surface area contributed by atoms with E-state index in [2.05, 4.69) is 16.5 Å². The van der Waals surface area contributed by atoms with Gasteiger partial charge in [0.15, 0.2) is 11.6 Å². The minimum absolute atomic E-state index is 0.252. The van der Waals surface area contributed by atoms with Crippen LogP contribution >= 0.6 is 0 Å². The Bertz CT molecular complexity index is 608. The molecule has 1 atom stereocenters. The minimum atomic E-state index is -3.79. The Morgan fingerprint density at radius 2 is 2.09 bits per heavy atom. The summed E-state index contributed by atoms with van der Waals surface area (Å²) in [4.78, 5) is 2.08. The van der Waals surface area contributed by atoms with Gasteiger partial charge in [-0.25, -0.2) is 21.9 Å². The molecule has 1 aliphatic rings. The van der Waals surface area contributed by atoms with E-state index in [1.807, 2.05) is 0 Å². The fraction of sp³-hybridized carbons (Fsp3) is 0.600. The van der Waals surface area contributed by atoms with Crippen molar-refractivity contribution < 1.29 is 17.2 Å². The Morgan fingerprint density at radius 3 is 2.77 bits per heavy atom. The second-order valence-electron chi connectivity index (χ2n) is 5.88. The average Bonchev–Trinajstić information content (AvgIpc) is 2.46. The molecule has 1 heterocycles. The van der Waals surface area contributed by atoms with Crippen molar-refractivity contribution in [2.75, 3.05) is 26.2 Å². The van der Waals surface area contributed by atoms with E-state index in [-0.39, 0.29) is 11.4 Å². The molecule has 1 aliphatic heterocycles. The molecule has 7 heteroatoms. The van der Waals surface area contributed by atoms with Gasteiger partial charge in [-0.1, -0.05) is 6.92 Å². The smallest absolute Gasteiger partial charge is 0.240 e. The van der Waals surface area contributed by atoms with E-state index in [1.54, 1.807) is 0 Å². The first kappa shape index (κ1) is 17.3. The predicted molar refractivity (Wildman–Crippen MR) is 81.0 cm³/mol. The number of halogens is 2. The van der Waals surface area contributed by atoms with Crippen LogP contribution in [0.2, 0.25) is 0 Å². The molecule has 4 nitrogen and oxygen atoms in total. The maximum absolute atomic E-state index is 13.1. The Morgan fingerprint density at radius 1 is 1.32 bits per heavy atom. The van der Waals surface area contributed by atoms with Crippen molar-refractivity contribution in [3.05, 3.63) is 29.8 Å². The zero-order valence-electron chi connectivity index (χ0n) is 12.7. The third-order valence-corrected chi connectivity index (χ3v) is 5.34. The standard InChI is InChI=1S/C15H22F2N2O2S/c1-12-4-2-8-19(11-12)9-3-7-18-22(20,21)13-5-6-14(16)15(17)10-13/h5-6,10,12,18H,2-4,7-9,11H2,1H3. The molecule has 0 aromatic heterocycles. The molecule has 0 spiro atoms. The number of hydrogen-bond donors (Lipinski definition) is 1. The molecule has 1 aromatic carbocycles. The molecular formula is C15H22F2N2O2S. The number of rotatable bonds is 6. The minimum Gasteiger partial charge on any atom is -0.303 e. The maximum Gasteiger partial charge on any atom is 0.240 e. The van der Waals surface area contributed by atoms with Crippen molar-refractivity contribution in [1.82, 2.24) is 9.62 Å². The van der Waals surface area contributed by atoms with E-state index in [0.717, 1.165) is 31.8 Å². The molecule has 1 unspecified atom stereocenters. The molecule has 22 heavy (non-hydrogen) atoms. The van der Waals surface area contributed by atoms with Crippen LogP contribution in [0.4, 0.5) is 8.78 Å². The summed E-state index contributed by atoms with van der Waals surface area (Å²) in [6.45, 7) is 5.45. The van der Waals surface area contributed by atoms with Crippen LogP contribution in [0.25, 0.3) is 0 Å². The normalized spacial score (nSPS) is 20.2. The Hall–Kier alpha value is -1.05. The highest BCUT2D eigenvalue weighted by atomic mass is 32.2. The third-order valence-electron chi connectivity index (χ3n) is 3.89. The van der Waals surface area contributed by atoms with Crippen LogP contribution in [-0.2, 0) is 10.0 Å². The largest absolute Gasteiger partial charge is 0.303 e. The summed E-state index contributed by atoms with van der Waals surface area (Å²) in [6.07, 6.45) is 3.12. The third kappa shape index (κ3) is 4.72. The average molecular weight is 332 g/mol. The van der Waals surface area contributed by atoms with Crippen molar-refractivity contribution in [2.45, 2.75) is 31.1 Å². The Kier molecular flexibility index (Phi) is 5.88. The maximum atomic E-state index is 13.1. The first-order chi connectivity index (χ1) is 10.4. The van der Waals surface area contributed by atoms with Gasteiger partial charge in [0.2, 0.25) is 10.0 Å². The lowest BCUT2D eigenvalue weighted by Crippen LogP contribution is -2.36. The molecule has 1 aromatic rings. The van der Waals surface area contributed by atoms with E-state index in [1.165, 1.54) is 12.8 Å². The van der Waals surface area contributed by atoms with Crippen molar-refractivity contribution in [3.63, 3.8) is 0 Å². The molecule has 0 aliphatic carbocycles. The summed E-state index contributed by atoms with van der Waals surface area (Å²) in [5.41, 5.74) is 0. The summed E-state index contributed by atoms with van der Waals surface area (Å²) < 4.78 is 52.3. The molecule has 1 N–H and O–H groups in total. The fourth-order valence-corrected chi connectivity index (χ4v) is 3.81. The van der Waals surface area contributed by atoms with Gasteiger partial charge in [-0.2, -0.15) is 0 Å². The quantitative estimate of drug-likeness (QED) is 0.814. The van der Waals surface area contributed by atoms with Crippen LogP contribution in [0, 0.1) is 17.6 Å². The molecule has 0 saturated carbocycles. The summed E-state index contributed by atoms with van der Waals surface area (Å²) in [5.74, 6) is -1.53. The van der Waals surface area contributed by atoms with Gasteiger partial charge >= 0.3 is 0 Å². The zero-order valence-corrected chi connectivity index (χ0v) is 13.5. The van der Waals surface area contributed by atoms with Gasteiger partial charge in [-0.15, -0.1) is 0 Å². The molecule has 124 valence electrons. The van der Waals surface area contributed by atoms with Crippen molar-refractivity contribution in [1.29, 1.82) is 0 Å². The van der Waals surface area contributed by atoms with Crippen LogP contribution in [0.1, 0.15) is 26.2 Å². The van der Waals surface area contributed by atoms with Crippen LogP contribution in [-0.4, -0.2) is 39.5 Å². The molecule has 0 amide bonds. The van der Waals surface area contributed by atoms with Crippen LogP contribution < -0.4 is 4.72 Å². The Balaban J connectivity index is 1.81. The second kappa shape index (κ2) is 7.48. The number of sulfonamides is 1. The zero-order chi connectivity index (χ0) is 16.2. The van der Waals surface area contributed by atoms with Gasteiger partial charge < -0.3 is 4.90 Å². The van der Waals surface area contributed by atoms with Crippen LogP contribution in [0.15, 0.2) is 23.1 Å². The van der Waals surface area contributed by atoms with E-state index in [9.17, 15) is 17.2 Å². The first-order valence-corrected chi connectivity index (χ1v) is 9.04. The first-order valence-electron chi connectivity index (χ1n) is 7.55. The number of likely N-dealkylation sites (tertiary alicyclic amines) is 1. The van der Waals surface area contributed by atoms with Gasteiger partial charge in [0.05, 0.1) is 4.90 Å². The Labute approximate surface area is 130 Å². The molecule has 1 saturated heterocycles. The lowest BCUT2D eigenvalue weighted by Gasteiger charge is -2.30. The topological polar surface area (TPSA) is 49.4 Å². The second-order valence-corrected chi connectivity index (χ2v) is 7.64. The SMILES string of the molecule is CC1CCCN(CCCNS(=O)(=O)c2ccc(F)c(F)c2)C1. The van der Waals surface area contributed by atoms with Gasteiger partial charge in [0, 0.05) is 13.1 Å². The van der Waals surface area contributed by atoms with E-state index < -0.39 is 21.7 Å². The van der Waals surface area contributed by atoms with Gasteiger partial charge in [0.1, 0.15) is 0 Å². The van der Waals surface area contributed by atoms with E-state index >= 15 is 0 Å². The van der Waals surface area contributed by atoms with Crippen LogP contribution in [0.5, 0.6) is 0 Å². The van der Waals surface area contributed by atoms with Gasteiger partial charge in [0.25, 0.3) is 0 Å². The van der Waals surface area contributed by atoms with Crippen molar-refractivity contribution in [3.8, 4) is 0 Å². The number of benzene rings is 1. The molecular weight excluding hydrogens is 310 g/mol. The number of hydrogen-bond acceptors (Lipinski definition) is 3. The van der Waals surface area contributed by atoms with Crippen molar-refractivity contribution >= 4 is 10.0 Å². The molecule has 0 bridgehead atoms. The summed E-state index contributed by atoms with van der Waals surface area (Å²) >= 11 is 0.